The number of fused-ring (bicyclic) bond motifs is 2. The molecule has 0 aromatic heterocycles. The second-order valence-electron chi connectivity index (χ2n) is 12.2. The molecule has 9 heteroatoms. The molecular weight excluding hydrogens is 492 g/mol. The number of carbonyl (C=O) groups is 3. The number of allylic oxidation sites excluding steroid dienone is 2. The number of rotatable bonds is 1. The summed E-state index contributed by atoms with van der Waals surface area (Å²) in [4.78, 5) is 38.8. The first kappa shape index (κ1) is 25.9. The van der Waals surface area contributed by atoms with E-state index >= 15 is 0 Å². The first-order valence-corrected chi connectivity index (χ1v) is 13.6. The number of Topliss-reactive ketones (excluding diaryl/α,β-unsaturated/α-hetero) is 1. The van der Waals surface area contributed by atoms with Gasteiger partial charge in [-0.2, -0.15) is 0 Å². The molecule has 3 saturated heterocycles. The number of aliphatic hydroxyl groups excluding tert-OH is 1. The third-order valence-corrected chi connectivity index (χ3v) is 10.8. The van der Waals surface area contributed by atoms with Crippen molar-refractivity contribution in [1.82, 2.24) is 0 Å². The average Bonchev–Trinajstić information content (AvgIpc) is 3.02. The Morgan fingerprint density at radius 1 is 1.18 bits per heavy atom. The highest BCUT2D eigenvalue weighted by Gasteiger charge is 2.82. The fourth-order valence-electron chi connectivity index (χ4n) is 8.45. The molecule has 8 bridgehead atoms. The largest absolute Gasteiger partial charge is 0.462 e. The summed E-state index contributed by atoms with van der Waals surface area (Å²) in [6.45, 7) is 5.47. The van der Waals surface area contributed by atoms with E-state index in [0.717, 1.165) is 5.57 Å². The number of hydrogen-bond donors (Lipinski definition) is 2. The molecule has 3 aliphatic carbocycles. The van der Waals surface area contributed by atoms with Gasteiger partial charge in [0.05, 0.1) is 18.8 Å². The highest BCUT2D eigenvalue weighted by Crippen LogP contribution is 2.73. The van der Waals surface area contributed by atoms with Crippen LogP contribution < -0.4 is 0 Å². The van der Waals surface area contributed by atoms with Gasteiger partial charge in [-0.15, -0.1) is 0 Å². The fraction of sp³-hybridized carbons (Fsp3) is 0.690. The number of ketones is 1. The van der Waals surface area contributed by atoms with Crippen LogP contribution in [-0.4, -0.2) is 76.8 Å². The molecule has 7 aliphatic rings. The van der Waals surface area contributed by atoms with Crippen LogP contribution in [0, 0.1) is 16.7 Å². The zero-order valence-corrected chi connectivity index (χ0v) is 22.1. The lowest BCUT2D eigenvalue weighted by Crippen LogP contribution is -2.77. The minimum atomic E-state index is -1.51. The Morgan fingerprint density at radius 3 is 2.74 bits per heavy atom. The topological polar surface area (TPSA) is 129 Å². The molecule has 4 heterocycles. The SMILES string of the molecule is CC(=O)[C@@]12CC/C=C\C(=O)O[C@@H]3C[C@H]4O[C@@H]5[C@H]6C[C@@]4(O)[C@@]3(C)[C@]5(CC=C6C)COC(=O)/C=C(/CCO1)[C@H]2O. The zero-order valence-electron chi connectivity index (χ0n) is 22.1. The second kappa shape index (κ2) is 8.58. The van der Waals surface area contributed by atoms with Gasteiger partial charge in [0.15, 0.2) is 11.4 Å². The summed E-state index contributed by atoms with van der Waals surface area (Å²) in [5, 5.41) is 23.3. The van der Waals surface area contributed by atoms with Crippen LogP contribution in [0.1, 0.15) is 59.3 Å². The van der Waals surface area contributed by atoms with Crippen LogP contribution in [0.15, 0.2) is 35.5 Å². The number of esters is 2. The van der Waals surface area contributed by atoms with E-state index in [4.69, 9.17) is 18.9 Å². The van der Waals surface area contributed by atoms with E-state index in [2.05, 4.69) is 6.08 Å². The second-order valence-corrected chi connectivity index (χ2v) is 12.2. The van der Waals surface area contributed by atoms with E-state index < -0.39 is 52.3 Å². The van der Waals surface area contributed by atoms with E-state index in [9.17, 15) is 24.6 Å². The van der Waals surface area contributed by atoms with Gasteiger partial charge in [-0.1, -0.05) is 24.6 Å². The molecule has 7 rings (SSSR count). The van der Waals surface area contributed by atoms with Crippen LogP contribution >= 0.6 is 0 Å². The first-order chi connectivity index (χ1) is 18.0. The van der Waals surface area contributed by atoms with Crippen molar-refractivity contribution < 1.29 is 43.5 Å². The molecule has 5 fully saturated rings. The van der Waals surface area contributed by atoms with E-state index in [1.165, 1.54) is 19.1 Å². The van der Waals surface area contributed by atoms with Gasteiger partial charge in [-0.25, -0.2) is 9.59 Å². The molecule has 0 amide bonds. The summed E-state index contributed by atoms with van der Waals surface area (Å²) in [7, 11) is 0. The third-order valence-electron chi connectivity index (χ3n) is 10.8. The van der Waals surface area contributed by atoms with Crippen LogP contribution in [0.2, 0.25) is 0 Å². The van der Waals surface area contributed by atoms with Gasteiger partial charge in [-0.3, -0.25) is 4.79 Å². The van der Waals surface area contributed by atoms with Crippen molar-refractivity contribution in [3.8, 4) is 0 Å². The lowest BCUT2D eigenvalue weighted by Gasteiger charge is -2.69. The molecule has 9 atom stereocenters. The fourth-order valence-corrected chi connectivity index (χ4v) is 8.45. The zero-order chi connectivity index (χ0) is 27.1. The van der Waals surface area contributed by atoms with Crippen LogP contribution in [0.4, 0.5) is 0 Å². The third kappa shape index (κ3) is 3.22. The normalized spacial score (nSPS) is 50.3. The van der Waals surface area contributed by atoms with Gasteiger partial charge in [0.1, 0.15) is 24.4 Å². The van der Waals surface area contributed by atoms with E-state index in [1.54, 1.807) is 6.08 Å². The van der Waals surface area contributed by atoms with Crippen LogP contribution in [0.5, 0.6) is 0 Å². The highest BCUT2D eigenvalue weighted by atomic mass is 16.6. The van der Waals surface area contributed by atoms with Crippen molar-refractivity contribution in [2.45, 2.75) is 94.9 Å². The molecule has 38 heavy (non-hydrogen) atoms. The lowest BCUT2D eigenvalue weighted by atomic mass is 9.42. The number of carbonyl (C=O) groups excluding carboxylic acids is 3. The molecule has 4 aliphatic heterocycles. The van der Waals surface area contributed by atoms with Gasteiger partial charge < -0.3 is 29.2 Å². The average molecular weight is 529 g/mol. The first-order valence-electron chi connectivity index (χ1n) is 13.6. The molecule has 206 valence electrons. The summed E-state index contributed by atoms with van der Waals surface area (Å²) >= 11 is 0. The Kier molecular flexibility index (Phi) is 5.85. The summed E-state index contributed by atoms with van der Waals surface area (Å²) in [6, 6.07) is 0. The smallest absolute Gasteiger partial charge is 0.330 e. The van der Waals surface area contributed by atoms with Gasteiger partial charge in [-0.05, 0) is 51.5 Å². The molecule has 2 saturated carbocycles. The van der Waals surface area contributed by atoms with Gasteiger partial charge in [0.25, 0.3) is 0 Å². The van der Waals surface area contributed by atoms with Crippen LogP contribution in [0.25, 0.3) is 0 Å². The highest BCUT2D eigenvalue weighted by molar-refractivity contribution is 5.88. The molecule has 9 nitrogen and oxygen atoms in total. The monoisotopic (exact) mass is 528 g/mol. The quantitative estimate of drug-likeness (QED) is 0.388. The molecule has 0 unspecified atom stereocenters. The maximum Gasteiger partial charge on any atom is 0.330 e. The summed E-state index contributed by atoms with van der Waals surface area (Å²) in [5.74, 6) is -1.56. The van der Waals surface area contributed by atoms with Gasteiger partial charge in [0.2, 0.25) is 0 Å². The Morgan fingerprint density at radius 2 is 1.97 bits per heavy atom. The summed E-state index contributed by atoms with van der Waals surface area (Å²) in [6.07, 6.45) is 5.69. The molecule has 1 spiro atoms. The molecule has 0 aromatic rings. The number of ether oxygens (including phenoxy) is 4. The van der Waals surface area contributed by atoms with Crippen molar-refractivity contribution in [2.75, 3.05) is 13.2 Å². The van der Waals surface area contributed by atoms with Gasteiger partial charge >= 0.3 is 11.9 Å². The number of cyclic esters (lactones) is 1. The van der Waals surface area contributed by atoms with Gasteiger partial charge in [0, 0.05) is 35.3 Å². The van der Waals surface area contributed by atoms with Crippen molar-refractivity contribution >= 4 is 17.7 Å². The molecular formula is C29H36O9. The molecule has 0 radical (unpaired) electrons. The summed E-state index contributed by atoms with van der Waals surface area (Å²) < 4.78 is 24.2. The number of aliphatic hydroxyl groups is 2. The maximum absolute atomic E-state index is 13.2. The van der Waals surface area contributed by atoms with Crippen molar-refractivity contribution in [2.24, 2.45) is 16.7 Å². The van der Waals surface area contributed by atoms with E-state index in [1.807, 2.05) is 13.8 Å². The Hall–Kier alpha value is -2.33. The Bertz CT molecular complexity index is 1170. The van der Waals surface area contributed by atoms with E-state index in [-0.39, 0.29) is 50.3 Å². The van der Waals surface area contributed by atoms with Crippen molar-refractivity contribution in [1.29, 1.82) is 0 Å². The van der Waals surface area contributed by atoms with Crippen LogP contribution in [-0.2, 0) is 33.3 Å². The Balaban J connectivity index is 1.42. The molecule has 0 aromatic carbocycles. The lowest BCUT2D eigenvalue weighted by molar-refractivity contribution is -0.343. The predicted octanol–water partition coefficient (Wildman–Crippen LogP) is 2.09. The predicted molar refractivity (Wildman–Crippen MR) is 133 cm³/mol. The Labute approximate surface area is 221 Å². The standard InChI is InChI=1S/C29H36O9/c1-16-7-10-27-15-35-23(32)12-18-8-11-36-28(17(2)30,24(18)33)9-5-4-6-22(31)37-20-13-21-29(34,26(20,27)3)14-19(16)25(27)38-21/h4,6-7,12,19-21,24-25,33-34H,5,8-11,13-15H2,1-3H3/b6-4-,18-12-/t19-,20+,21+,24+,25+,26+,27+,28+,29-/m0/s1. The van der Waals surface area contributed by atoms with Crippen molar-refractivity contribution in [3.63, 3.8) is 0 Å². The number of hydrogen-bond acceptors (Lipinski definition) is 9. The minimum Gasteiger partial charge on any atom is -0.462 e. The van der Waals surface area contributed by atoms with Crippen LogP contribution in [0.3, 0.4) is 0 Å². The van der Waals surface area contributed by atoms with E-state index in [0.29, 0.717) is 24.8 Å². The van der Waals surface area contributed by atoms with Crippen molar-refractivity contribution in [3.05, 3.63) is 35.5 Å². The summed E-state index contributed by atoms with van der Waals surface area (Å²) in [5.41, 5.74) is -2.95. The molecule has 2 N–H and O–H groups in total. The maximum atomic E-state index is 13.2. The minimum absolute atomic E-state index is 0.0245.